The first-order valence-corrected chi connectivity index (χ1v) is 5.64. The second-order valence-corrected chi connectivity index (χ2v) is 4.02. The van der Waals surface area contributed by atoms with Crippen molar-refractivity contribution in [2.75, 3.05) is 11.9 Å². The number of para-hydroxylation sites is 1. The highest BCUT2D eigenvalue weighted by Gasteiger charge is 2.04. The predicted octanol–water partition coefficient (Wildman–Crippen LogP) is 4.40. The molecule has 0 atom stereocenters. The second kappa shape index (κ2) is 5.38. The van der Waals surface area contributed by atoms with Crippen LogP contribution in [0.4, 0.5) is 11.4 Å². The molecule has 0 aliphatic rings. The van der Waals surface area contributed by atoms with E-state index in [0.717, 1.165) is 11.4 Å². The van der Waals surface area contributed by atoms with Crippen molar-refractivity contribution in [2.24, 2.45) is 0 Å². The third-order valence-corrected chi connectivity index (χ3v) is 2.55. The maximum atomic E-state index is 5.80. The number of anilines is 1. The molecule has 0 bridgehead atoms. The Bertz CT molecular complexity index is 538. The predicted molar refractivity (Wildman–Crippen MR) is 73.2 cm³/mol. The van der Waals surface area contributed by atoms with E-state index < -0.39 is 0 Å². The Morgan fingerprint density at radius 3 is 2.29 bits per heavy atom. The second-order valence-electron chi connectivity index (χ2n) is 3.58. The van der Waals surface area contributed by atoms with Gasteiger partial charge in [-0.3, -0.25) is 0 Å². The van der Waals surface area contributed by atoms with Gasteiger partial charge in [-0.1, -0.05) is 29.8 Å². The van der Waals surface area contributed by atoms with Crippen LogP contribution >= 0.6 is 11.6 Å². The standard InChI is InChI=1S/C14H12ClN2/c1-17(14-5-3-2-4-6-14)11-16-13-9-7-12(15)8-10-13/h2-10H,1H3/q+1. The third kappa shape index (κ3) is 3.24. The van der Waals surface area contributed by atoms with Crippen LogP contribution in [-0.4, -0.2) is 7.05 Å². The van der Waals surface area contributed by atoms with Crippen molar-refractivity contribution in [3.05, 3.63) is 64.5 Å². The molecule has 0 N–H and O–H groups in total. The van der Waals surface area contributed by atoms with Gasteiger partial charge >= 0.3 is 6.19 Å². The zero-order valence-corrected chi connectivity index (χ0v) is 10.2. The Labute approximate surface area is 106 Å². The molecule has 17 heavy (non-hydrogen) atoms. The average molecular weight is 244 g/mol. The summed E-state index contributed by atoms with van der Waals surface area (Å²) in [5.74, 6) is 0. The lowest BCUT2D eigenvalue weighted by Gasteiger charge is -1.99. The zero-order valence-electron chi connectivity index (χ0n) is 9.47. The Morgan fingerprint density at radius 1 is 1.00 bits per heavy atom. The quantitative estimate of drug-likeness (QED) is 0.532. The fourth-order valence-corrected chi connectivity index (χ4v) is 1.48. The van der Waals surface area contributed by atoms with Crippen LogP contribution in [0.5, 0.6) is 0 Å². The Balaban J connectivity index is 2.14. The van der Waals surface area contributed by atoms with Crippen molar-refractivity contribution in [1.29, 1.82) is 0 Å². The molecule has 0 saturated carbocycles. The van der Waals surface area contributed by atoms with Crippen molar-refractivity contribution >= 4 is 23.0 Å². The number of nitrogens with zero attached hydrogens (tertiary/aromatic N) is 2. The third-order valence-electron chi connectivity index (χ3n) is 2.30. The normalized spacial score (nSPS) is 9.29. The Morgan fingerprint density at radius 2 is 1.65 bits per heavy atom. The summed E-state index contributed by atoms with van der Waals surface area (Å²) >= 11 is 5.80. The molecule has 0 radical (unpaired) electrons. The number of rotatable bonds is 1. The molecular weight excluding hydrogens is 232 g/mol. The fraction of sp³-hybridized carbons (Fsp3) is 0.0714. The smallest absolute Gasteiger partial charge is 0.178 e. The highest BCUT2D eigenvalue weighted by Crippen LogP contribution is 2.17. The van der Waals surface area contributed by atoms with Crippen LogP contribution in [0.1, 0.15) is 0 Å². The van der Waals surface area contributed by atoms with Gasteiger partial charge in [0.05, 0.1) is 7.05 Å². The molecule has 0 fully saturated rings. The minimum atomic E-state index is 0.709. The summed E-state index contributed by atoms with van der Waals surface area (Å²) in [7, 11) is 1.91. The first-order valence-electron chi connectivity index (χ1n) is 5.26. The van der Waals surface area contributed by atoms with Crippen LogP contribution in [-0.2, 0) is 0 Å². The van der Waals surface area contributed by atoms with E-state index in [-0.39, 0.29) is 0 Å². The number of halogens is 1. The van der Waals surface area contributed by atoms with Crippen molar-refractivity contribution in [2.45, 2.75) is 0 Å². The summed E-state index contributed by atoms with van der Waals surface area (Å²) in [5.41, 5.74) is 1.88. The first-order chi connectivity index (χ1) is 8.25. The monoisotopic (exact) mass is 243 g/mol. The van der Waals surface area contributed by atoms with Crippen LogP contribution in [0.25, 0.3) is 4.85 Å². The molecule has 84 valence electrons. The van der Waals surface area contributed by atoms with E-state index in [1.165, 1.54) is 0 Å². The van der Waals surface area contributed by atoms with E-state index in [1.54, 1.807) is 0 Å². The SMILES string of the molecule is CN(C#[N+]c1ccc(Cl)cc1)c1ccccc1. The molecule has 0 amide bonds. The van der Waals surface area contributed by atoms with Gasteiger partial charge in [0.2, 0.25) is 5.69 Å². The summed E-state index contributed by atoms with van der Waals surface area (Å²) in [6, 6.07) is 17.3. The van der Waals surface area contributed by atoms with Gasteiger partial charge in [-0.25, -0.2) is 0 Å². The lowest BCUT2D eigenvalue weighted by atomic mass is 10.3. The van der Waals surface area contributed by atoms with E-state index in [0.29, 0.717) is 5.02 Å². The molecular formula is C14H12ClN2+. The maximum Gasteiger partial charge on any atom is 0.383 e. The topological polar surface area (TPSA) is 7.60 Å². The summed E-state index contributed by atoms with van der Waals surface area (Å²) in [6.45, 7) is 0. The molecule has 2 rings (SSSR count). The van der Waals surface area contributed by atoms with E-state index in [4.69, 9.17) is 11.6 Å². The first kappa shape index (κ1) is 11.5. The van der Waals surface area contributed by atoms with Crippen molar-refractivity contribution < 1.29 is 0 Å². The minimum absolute atomic E-state index is 0.709. The largest absolute Gasteiger partial charge is 0.383 e. The highest BCUT2D eigenvalue weighted by atomic mass is 35.5. The van der Waals surface area contributed by atoms with Crippen molar-refractivity contribution in [3.8, 4) is 6.19 Å². The molecule has 0 aliphatic carbocycles. The molecule has 2 nitrogen and oxygen atoms in total. The van der Waals surface area contributed by atoms with Gasteiger partial charge in [-0.15, -0.1) is 0 Å². The van der Waals surface area contributed by atoms with Crippen molar-refractivity contribution in [1.82, 2.24) is 0 Å². The molecule has 2 aromatic rings. The van der Waals surface area contributed by atoms with E-state index in [2.05, 4.69) is 11.0 Å². The lowest BCUT2D eigenvalue weighted by molar-refractivity contribution is 1.25. The molecule has 0 aliphatic heterocycles. The summed E-state index contributed by atoms with van der Waals surface area (Å²) in [5, 5.41) is 0.709. The Hall–Kier alpha value is -1.98. The summed E-state index contributed by atoms with van der Waals surface area (Å²) in [6.07, 6.45) is 2.95. The van der Waals surface area contributed by atoms with Gasteiger partial charge in [-0.05, 0) is 24.3 Å². The van der Waals surface area contributed by atoms with Gasteiger partial charge in [-0.2, -0.15) is 9.74 Å². The van der Waals surface area contributed by atoms with E-state index in [9.17, 15) is 0 Å². The van der Waals surface area contributed by atoms with Crippen LogP contribution in [0.2, 0.25) is 5.02 Å². The maximum absolute atomic E-state index is 5.80. The van der Waals surface area contributed by atoms with Gasteiger partial charge in [0.25, 0.3) is 0 Å². The molecule has 0 unspecified atom stereocenters. The van der Waals surface area contributed by atoms with Crippen LogP contribution in [0.15, 0.2) is 54.6 Å². The fourth-order valence-electron chi connectivity index (χ4n) is 1.36. The molecule has 3 heteroatoms. The van der Waals surface area contributed by atoms with Gasteiger partial charge in [0.1, 0.15) is 5.69 Å². The van der Waals surface area contributed by atoms with Crippen molar-refractivity contribution in [3.63, 3.8) is 0 Å². The number of hydrogen-bond donors (Lipinski definition) is 0. The lowest BCUT2D eigenvalue weighted by Crippen LogP contribution is -2.07. The molecule has 2 aromatic carbocycles. The number of benzene rings is 2. The summed E-state index contributed by atoms with van der Waals surface area (Å²) < 4.78 is 0. The minimum Gasteiger partial charge on any atom is -0.178 e. The van der Waals surface area contributed by atoms with Gasteiger partial charge in [0, 0.05) is 17.2 Å². The average Bonchev–Trinajstić information content (AvgIpc) is 2.39. The zero-order chi connectivity index (χ0) is 12.1. The highest BCUT2D eigenvalue weighted by molar-refractivity contribution is 6.30. The Kier molecular flexibility index (Phi) is 3.64. The molecule has 0 saturated heterocycles. The van der Waals surface area contributed by atoms with Crippen LogP contribution in [0.3, 0.4) is 0 Å². The van der Waals surface area contributed by atoms with E-state index in [1.807, 2.05) is 66.5 Å². The number of hydrogen-bond acceptors (Lipinski definition) is 1. The van der Waals surface area contributed by atoms with E-state index >= 15 is 0 Å². The molecule has 0 aromatic heterocycles. The van der Waals surface area contributed by atoms with Crippen LogP contribution < -0.4 is 4.90 Å². The van der Waals surface area contributed by atoms with Gasteiger partial charge < -0.3 is 0 Å². The van der Waals surface area contributed by atoms with Gasteiger partial charge in [0.15, 0.2) is 0 Å². The molecule has 0 heterocycles. The summed E-state index contributed by atoms with van der Waals surface area (Å²) in [4.78, 5) is 6.08. The molecule has 0 spiro atoms. The van der Waals surface area contributed by atoms with Crippen LogP contribution in [0, 0.1) is 6.19 Å².